The number of nitrogens with one attached hydrogen (secondary N) is 1. The van der Waals surface area contributed by atoms with Gasteiger partial charge in [0.1, 0.15) is 12.4 Å². The zero-order chi connectivity index (χ0) is 15.7. The lowest BCUT2D eigenvalue weighted by atomic mass is 10.2. The molecule has 22 heavy (non-hydrogen) atoms. The molecule has 1 aliphatic rings. The molecule has 0 spiro atoms. The van der Waals surface area contributed by atoms with Crippen LogP contribution in [0.15, 0.2) is 28.6 Å². The molecule has 0 atom stereocenters. The number of carbonyl (C=O) groups is 1. The Kier molecular flexibility index (Phi) is 3.71. The van der Waals surface area contributed by atoms with E-state index >= 15 is 0 Å². The van der Waals surface area contributed by atoms with Crippen LogP contribution in [0, 0.1) is 0 Å². The second-order valence-corrected chi connectivity index (χ2v) is 7.46. The summed E-state index contributed by atoms with van der Waals surface area (Å²) >= 11 is 0.812. The quantitative estimate of drug-likeness (QED) is 0.839. The topological polar surface area (TPSA) is 101 Å². The van der Waals surface area contributed by atoms with Gasteiger partial charge in [0.05, 0.1) is 12.2 Å². The third-order valence-electron chi connectivity index (χ3n) is 2.89. The lowest BCUT2D eigenvalue weighted by Gasteiger charge is -2.29. The van der Waals surface area contributed by atoms with Gasteiger partial charge in [-0.15, -0.1) is 10.2 Å². The number of para-hydroxylation sites is 2. The maximum atomic E-state index is 12.7. The molecular weight excluding hydrogens is 328 g/mol. The molecule has 0 unspecified atom stereocenters. The third kappa shape index (κ3) is 2.62. The first kappa shape index (κ1) is 14.7. The first-order chi connectivity index (χ1) is 10.5. The van der Waals surface area contributed by atoms with Crippen molar-refractivity contribution in [2.45, 2.75) is 11.3 Å². The van der Waals surface area contributed by atoms with Gasteiger partial charge in [-0.05, 0) is 12.1 Å². The van der Waals surface area contributed by atoms with E-state index < -0.39 is 10.0 Å². The predicted molar refractivity (Wildman–Crippen MR) is 80.7 cm³/mol. The second kappa shape index (κ2) is 5.54. The summed E-state index contributed by atoms with van der Waals surface area (Å²) in [5.74, 6) is 0.167. The number of hydrogen-bond acceptors (Lipinski definition) is 7. The van der Waals surface area contributed by atoms with Crippen molar-refractivity contribution in [2.24, 2.45) is 0 Å². The summed E-state index contributed by atoms with van der Waals surface area (Å²) in [4.78, 5) is 11.0. The zero-order valence-corrected chi connectivity index (χ0v) is 13.1. The maximum Gasteiger partial charge on any atom is 0.293 e. The SMILES string of the molecule is CC(=O)Nc1nnc(S(=O)(=O)N2CCOc3ccccc32)s1. The lowest BCUT2D eigenvalue weighted by Crippen LogP contribution is -2.37. The van der Waals surface area contributed by atoms with Gasteiger partial charge in [0, 0.05) is 6.92 Å². The Morgan fingerprint density at radius 1 is 1.36 bits per heavy atom. The molecule has 1 aromatic carbocycles. The first-order valence-corrected chi connectivity index (χ1v) is 8.60. The number of aromatic nitrogens is 2. The minimum atomic E-state index is -3.84. The highest BCUT2D eigenvalue weighted by Gasteiger charge is 2.32. The average molecular weight is 340 g/mol. The van der Waals surface area contributed by atoms with Crippen LogP contribution in [0.4, 0.5) is 10.8 Å². The van der Waals surface area contributed by atoms with Crippen molar-refractivity contribution >= 4 is 38.1 Å². The summed E-state index contributed by atoms with van der Waals surface area (Å²) < 4.78 is 31.9. The molecule has 0 saturated heterocycles. The van der Waals surface area contributed by atoms with Gasteiger partial charge < -0.3 is 10.1 Å². The van der Waals surface area contributed by atoms with E-state index in [1.807, 2.05) is 0 Å². The third-order valence-corrected chi connectivity index (χ3v) is 5.88. The summed E-state index contributed by atoms with van der Waals surface area (Å²) in [5.41, 5.74) is 0.463. The number of nitrogens with zero attached hydrogens (tertiary/aromatic N) is 3. The van der Waals surface area contributed by atoms with Crippen LogP contribution in [0.2, 0.25) is 0 Å². The molecular formula is C12H12N4O4S2. The Balaban J connectivity index is 1.97. The Morgan fingerprint density at radius 2 is 2.14 bits per heavy atom. The summed E-state index contributed by atoms with van der Waals surface area (Å²) in [7, 11) is -3.84. The van der Waals surface area contributed by atoms with Crippen LogP contribution >= 0.6 is 11.3 Å². The van der Waals surface area contributed by atoms with E-state index in [-0.39, 0.29) is 28.5 Å². The Bertz CT molecular complexity index is 818. The summed E-state index contributed by atoms with van der Waals surface area (Å²) in [6, 6.07) is 6.88. The van der Waals surface area contributed by atoms with Gasteiger partial charge in [-0.3, -0.25) is 9.10 Å². The van der Waals surface area contributed by atoms with Crippen molar-refractivity contribution in [1.29, 1.82) is 0 Å². The highest BCUT2D eigenvalue weighted by molar-refractivity contribution is 7.94. The van der Waals surface area contributed by atoms with Gasteiger partial charge in [-0.2, -0.15) is 8.42 Å². The van der Waals surface area contributed by atoms with Gasteiger partial charge in [0.2, 0.25) is 11.0 Å². The number of fused-ring (bicyclic) bond motifs is 1. The van der Waals surface area contributed by atoms with E-state index in [1.165, 1.54) is 11.2 Å². The van der Waals surface area contributed by atoms with Crippen LogP contribution in [-0.2, 0) is 14.8 Å². The smallest absolute Gasteiger partial charge is 0.293 e. The molecule has 8 nitrogen and oxygen atoms in total. The minimum absolute atomic E-state index is 0.146. The fourth-order valence-electron chi connectivity index (χ4n) is 2.00. The average Bonchev–Trinajstić information content (AvgIpc) is 2.95. The molecule has 2 heterocycles. The summed E-state index contributed by atoms with van der Waals surface area (Å²) in [6.07, 6.45) is 0. The monoisotopic (exact) mass is 340 g/mol. The van der Waals surface area contributed by atoms with Gasteiger partial charge in [0.25, 0.3) is 14.4 Å². The highest BCUT2D eigenvalue weighted by Crippen LogP contribution is 2.35. The number of anilines is 2. The standard InChI is InChI=1S/C12H12N4O4S2/c1-8(17)13-11-14-15-12(21-11)22(18,19)16-6-7-20-10-5-3-2-4-9(10)16/h2-5H,6-7H2,1H3,(H,13,14,17). The molecule has 10 heteroatoms. The molecule has 0 saturated carbocycles. The Hall–Kier alpha value is -2.20. The van der Waals surface area contributed by atoms with Gasteiger partial charge in [-0.25, -0.2) is 0 Å². The number of rotatable bonds is 3. The van der Waals surface area contributed by atoms with E-state index in [0.29, 0.717) is 11.4 Å². The molecule has 0 bridgehead atoms. The molecule has 1 amide bonds. The van der Waals surface area contributed by atoms with Gasteiger partial charge >= 0.3 is 0 Å². The molecule has 1 N–H and O–H groups in total. The number of hydrogen-bond donors (Lipinski definition) is 1. The normalized spacial score (nSPS) is 14.1. The molecule has 3 rings (SSSR count). The van der Waals surface area contributed by atoms with Crippen molar-refractivity contribution in [3.8, 4) is 5.75 Å². The van der Waals surface area contributed by atoms with Crippen molar-refractivity contribution in [2.75, 3.05) is 22.8 Å². The largest absolute Gasteiger partial charge is 0.489 e. The van der Waals surface area contributed by atoms with Crippen molar-refractivity contribution in [1.82, 2.24) is 10.2 Å². The lowest BCUT2D eigenvalue weighted by molar-refractivity contribution is -0.114. The zero-order valence-electron chi connectivity index (χ0n) is 11.5. The number of amides is 1. The highest BCUT2D eigenvalue weighted by atomic mass is 32.2. The van der Waals surface area contributed by atoms with Crippen molar-refractivity contribution in [3.05, 3.63) is 24.3 Å². The van der Waals surface area contributed by atoms with E-state index in [1.54, 1.807) is 24.3 Å². The number of sulfonamides is 1. The maximum absolute atomic E-state index is 12.7. The molecule has 0 aliphatic carbocycles. The fraction of sp³-hybridized carbons (Fsp3) is 0.250. The summed E-state index contributed by atoms with van der Waals surface area (Å²) in [6.45, 7) is 1.76. The Morgan fingerprint density at radius 3 is 2.91 bits per heavy atom. The van der Waals surface area contributed by atoms with Crippen LogP contribution in [0.1, 0.15) is 6.92 Å². The van der Waals surface area contributed by atoms with Crippen LogP contribution in [0.5, 0.6) is 5.75 Å². The van der Waals surface area contributed by atoms with Crippen LogP contribution in [-0.4, -0.2) is 37.7 Å². The van der Waals surface area contributed by atoms with Crippen LogP contribution in [0.25, 0.3) is 0 Å². The molecule has 0 radical (unpaired) electrons. The van der Waals surface area contributed by atoms with E-state index in [4.69, 9.17) is 4.74 Å². The van der Waals surface area contributed by atoms with Crippen LogP contribution < -0.4 is 14.4 Å². The van der Waals surface area contributed by atoms with Crippen LogP contribution in [0.3, 0.4) is 0 Å². The van der Waals surface area contributed by atoms with E-state index in [0.717, 1.165) is 11.3 Å². The minimum Gasteiger partial charge on any atom is -0.489 e. The predicted octanol–water partition coefficient (Wildman–Crippen LogP) is 1.08. The van der Waals surface area contributed by atoms with E-state index in [9.17, 15) is 13.2 Å². The second-order valence-electron chi connectivity index (χ2n) is 4.45. The molecule has 2 aromatic rings. The number of carbonyl (C=O) groups excluding carboxylic acids is 1. The van der Waals surface area contributed by atoms with Gasteiger partial charge in [-0.1, -0.05) is 23.5 Å². The number of ether oxygens (including phenoxy) is 1. The van der Waals surface area contributed by atoms with E-state index in [2.05, 4.69) is 15.5 Å². The van der Waals surface area contributed by atoms with Crippen molar-refractivity contribution < 1.29 is 17.9 Å². The number of benzene rings is 1. The molecule has 1 aliphatic heterocycles. The van der Waals surface area contributed by atoms with Crippen molar-refractivity contribution in [3.63, 3.8) is 0 Å². The molecule has 1 aromatic heterocycles. The molecule has 116 valence electrons. The fourth-order valence-corrected chi connectivity index (χ4v) is 4.51. The first-order valence-electron chi connectivity index (χ1n) is 6.34. The summed E-state index contributed by atoms with van der Waals surface area (Å²) in [5, 5.41) is 9.91. The Labute approximate surface area is 130 Å². The molecule has 0 fully saturated rings. The van der Waals surface area contributed by atoms with Gasteiger partial charge in [0.15, 0.2) is 0 Å².